The highest BCUT2D eigenvalue weighted by Gasteiger charge is 2.31. The van der Waals surface area contributed by atoms with E-state index in [1.54, 1.807) is 36.4 Å². The minimum Gasteiger partial charge on any atom is -0.448 e. The number of fused-ring (bicyclic) bond motifs is 1. The first kappa shape index (κ1) is 13.8. The third-order valence-corrected chi connectivity index (χ3v) is 3.44. The average molecular weight is 292 g/mol. The zero-order valence-corrected chi connectivity index (χ0v) is 11.6. The standard InChI is InChI=1S/C17H12N2O3/c18-10-11-4-3-6-13(8-11)19-16(20)15-9-12-5-1-2-7-14(12)17(21)22-15/h1-8,15H,9H2,(H,19,20)/t15-/m1/s1. The molecular weight excluding hydrogens is 280 g/mol. The average Bonchev–Trinajstić information content (AvgIpc) is 2.55. The molecule has 1 heterocycles. The molecule has 1 amide bonds. The zero-order chi connectivity index (χ0) is 15.5. The predicted molar refractivity (Wildman–Crippen MR) is 79.1 cm³/mol. The topological polar surface area (TPSA) is 79.2 Å². The van der Waals surface area contributed by atoms with Gasteiger partial charge in [-0.1, -0.05) is 24.3 Å². The van der Waals surface area contributed by atoms with Gasteiger partial charge in [0, 0.05) is 12.1 Å². The monoisotopic (exact) mass is 292 g/mol. The van der Waals surface area contributed by atoms with Gasteiger partial charge in [-0.15, -0.1) is 0 Å². The molecule has 0 fully saturated rings. The number of carbonyl (C=O) groups is 2. The zero-order valence-electron chi connectivity index (χ0n) is 11.6. The van der Waals surface area contributed by atoms with Gasteiger partial charge < -0.3 is 10.1 Å². The van der Waals surface area contributed by atoms with E-state index in [-0.39, 0.29) is 0 Å². The molecule has 1 aliphatic rings. The molecule has 0 spiro atoms. The summed E-state index contributed by atoms with van der Waals surface area (Å²) < 4.78 is 5.19. The summed E-state index contributed by atoms with van der Waals surface area (Å²) in [5.74, 6) is -0.897. The molecular formula is C17H12N2O3. The second-order valence-corrected chi connectivity index (χ2v) is 4.94. The van der Waals surface area contributed by atoms with Crippen LogP contribution in [-0.2, 0) is 16.0 Å². The maximum atomic E-state index is 12.3. The summed E-state index contributed by atoms with van der Waals surface area (Å²) in [6.45, 7) is 0. The van der Waals surface area contributed by atoms with Crippen LogP contribution in [-0.4, -0.2) is 18.0 Å². The van der Waals surface area contributed by atoms with E-state index in [0.717, 1.165) is 5.56 Å². The summed E-state index contributed by atoms with van der Waals surface area (Å²) in [5, 5.41) is 11.5. The highest BCUT2D eigenvalue weighted by atomic mass is 16.5. The summed E-state index contributed by atoms with van der Waals surface area (Å²) in [6.07, 6.45) is -0.528. The lowest BCUT2D eigenvalue weighted by Crippen LogP contribution is -2.37. The van der Waals surface area contributed by atoms with Crippen LogP contribution in [0.25, 0.3) is 0 Å². The quantitative estimate of drug-likeness (QED) is 0.861. The number of benzene rings is 2. The summed E-state index contributed by atoms with van der Waals surface area (Å²) in [6, 6.07) is 15.6. The molecule has 5 nitrogen and oxygen atoms in total. The molecule has 1 atom stereocenters. The van der Waals surface area contributed by atoms with Crippen molar-refractivity contribution in [1.29, 1.82) is 5.26 Å². The van der Waals surface area contributed by atoms with Crippen molar-refractivity contribution < 1.29 is 14.3 Å². The summed E-state index contributed by atoms with van der Waals surface area (Å²) in [7, 11) is 0. The number of anilines is 1. The van der Waals surface area contributed by atoms with Gasteiger partial charge in [0.05, 0.1) is 17.2 Å². The largest absolute Gasteiger partial charge is 0.448 e. The molecule has 1 aliphatic heterocycles. The van der Waals surface area contributed by atoms with Crippen LogP contribution in [0.5, 0.6) is 0 Å². The second kappa shape index (κ2) is 5.70. The van der Waals surface area contributed by atoms with Gasteiger partial charge in [0.15, 0.2) is 6.10 Å². The molecule has 0 aliphatic carbocycles. The summed E-state index contributed by atoms with van der Waals surface area (Å²) in [4.78, 5) is 24.2. The van der Waals surface area contributed by atoms with Gasteiger partial charge in [-0.25, -0.2) is 4.79 Å². The van der Waals surface area contributed by atoms with Gasteiger partial charge in [-0.2, -0.15) is 5.26 Å². The Morgan fingerprint density at radius 2 is 2.05 bits per heavy atom. The molecule has 0 unspecified atom stereocenters. The van der Waals surface area contributed by atoms with Crippen LogP contribution in [0.3, 0.4) is 0 Å². The molecule has 0 radical (unpaired) electrons. The molecule has 0 saturated heterocycles. The van der Waals surface area contributed by atoms with Crippen LogP contribution in [0.15, 0.2) is 48.5 Å². The van der Waals surface area contributed by atoms with Crippen molar-refractivity contribution in [2.24, 2.45) is 0 Å². The van der Waals surface area contributed by atoms with E-state index in [0.29, 0.717) is 23.2 Å². The first-order valence-electron chi connectivity index (χ1n) is 6.77. The Morgan fingerprint density at radius 3 is 2.86 bits per heavy atom. The molecule has 0 bridgehead atoms. The van der Waals surface area contributed by atoms with Crippen molar-refractivity contribution in [2.45, 2.75) is 12.5 Å². The second-order valence-electron chi connectivity index (χ2n) is 4.94. The lowest BCUT2D eigenvalue weighted by Gasteiger charge is -2.23. The van der Waals surface area contributed by atoms with Crippen molar-refractivity contribution in [3.8, 4) is 6.07 Å². The van der Waals surface area contributed by atoms with E-state index in [9.17, 15) is 9.59 Å². The Hall–Kier alpha value is -3.13. The number of carbonyl (C=O) groups excluding carboxylic acids is 2. The fraction of sp³-hybridized carbons (Fsp3) is 0.118. The maximum Gasteiger partial charge on any atom is 0.339 e. The number of cyclic esters (lactones) is 1. The number of amides is 1. The van der Waals surface area contributed by atoms with E-state index >= 15 is 0 Å². The van der Waals surface area contributed by atoms with E-state index in [4.69, 9.17) is 10.00 Å². The third-order valence-electron chi connectivity index (χ3n) is 3.44. The Balaban J connectivity index is 1.77. The molecule has 108 valence electrons. The van der Waals surface area contributed by atoms with Crippen molar-refractivity contribution in [3.05, 3.63) is 65.2 Å². The van der Waals surface area contributed by atoms with Gasteiger partial charge in [0.2, 0.25) is 0 Å². The minimum absolute atomic E-state index is 0.339. The number of hydrogen-bond donors (Lipinski definition) is 1. The first-order chi connectivity index (χ1) is 10.7. The fourth-order valence-corrected chi connectivity index (χ4v) is 2.37. The normalized spacial score (nSPS) is 16.1. The third kappa shape index (κ3) is 2.67. The van der Waals surface area contributed by atoms with Crippen LogP contribution >= 0.6 is 0 Å². The minimum atomic E-state index is -0.867. The van der Waals surface area contributed by atoms with Gasteiger partial charge in [0.25, 0.3) is 5.91 Å². The molecule has 3 rings (SSSR count). The van der Waals surface area contributed by atoms with Crippen molar-refractivity contribution in [3.63, 3.8) is 0 Å². The van der Waals surface area contributed by atoms with E-state index in [1.807, 2.05) is 18.2 Å². The Morgan fingerprint density at radius 1 is 1.23 bits per heavy atom. The number of nitriles is 1. The van der Waals surface area contributed by atoms with Gasteiger partial charge in [-0.3, -0.25) is 4.79 Å². The Kier molecular flexibility index (Phi) is 3.58. The molecule has 2 aromatic carbocycles. The Bertz CT molecular complexity index is 792. The maximum absolute atomic E-state index is 12.3. The van der Waals surface area contributed by atoms with Crippen LogP contribution in [0.2, 0.25) is 0 Å². The number of rotatable bonds is 2. The van der Waals surface area contributed by atoms with Crippen LogP contribution in [0, 0.1) is 11.3 Å². The molecule has 22 heavy (non-hydrogen) atoms. The van der Waals surface area contributed by atoms with Crippen molar-refractivity contribution >= 4 is 17.6 Å². The van der Waals surface area contributed by atoms with E-state index < -0.39 is 18.0 Å². The summed E-state index contributed by atoms with van der Waals surface area (Å²) in [5.41, 5.74) is 2.24. The smallest absolute Gasteiger partial charge is 0.339 e. The van der Waals surface area contributed by atoms with Gasteiger partial charge >= 0.3 is 5.97 Å². The Labute approximate surface area is 127 Å². The molecule has 0 aromatic heterocycles. The van der Waals surface area contributed by atoms with Crippen molar-refractivity contribution in [2.75, 3.05) is 5.32 Å². The molecule has 5 heteroatoms. The number of hydrogen-bond acceptors (Lipinski definition) is 4. The molecule has 1 N–H and O–H groups in total. The highest BCUT2D eigenvalue weighted by Crippen LogP contribution is 2.21. The fourth-order valence-electron chi connectivity index (χ4n) is 2.37. The van der Waals surface area contributed by atoms with E-state index in [1.165, 1.54) is 0 Å². The molecule has 0 saturated carbocycles. The number of ether oxygens (including phenoxy) is 1. The SMILES string of the molecule is N#Cc1cccc(NC(=O)[C@H]2Cc3ccccc3C(=O)O2)c1. The van der Waals surface area contributed by atoms with Crippen molar-refractivity contribution in [1.82, 2.24) is 0 Å². The number of esters is 1. The van der Waals surface area contributed by atoms with Gasteiger partial charge in [0.1, 0.15) is 0 Å². The van der Waals surface area contributed by atoms with E-state index in [2.05, 4.69) is 5.32 Å². The first-order valence-corrected chi connectivity index (χ1v) is 6.77. The lowest BCUT2D eigenvalue weighted by atomic mass is 9.98. The summed E-state index contributed by atoms with van der Waals surface area (Å²) >= 11 is 0. The highest BCUT2D eigenvalue weighted by molar-refractivity contribution is 6.00. The van der Waals surface area contributed by atoms with Crippen LogP contribution in [0.4, 0.5) is 5.69 Å². The lowest BCUT2D eigenvalue weighted by molar-refractivity contribution is -0.125. The van der Waals surface area contributed by atoms with Crippen LogP contribution in [0.1, 0.15) is 21.5 Å². The predicted octanol–water partition coefficient (Wildman–Crippen LogP) is 2.28. The molecule has 2 aromatic rings. The van der Waals surface area contributed by atoms with Crippen LogP contribution < -0.4 is 5.32 Å². The number of nitrogens with one attached hydrogen (secondary N) is 1. The number of nitrogens with zero attached hydrogens (tertiary/aromatic N) is 1. The van der Waals surface area contributed by atoms with Gasteiger partial charge in [-0.05, 0) is 29.8 Å².